The highest BCUT2D eigenvalue weighted by Gasteiger charge is 2.54. The average molecular weight is 405 g/mol. The van der Waals surface area contributed by atoms with Crippen molar-refractivity contribution in [2.45, 2.75) is 71.8 Å². The minimum atomic E-state index is -0.809. The highest BCUT2D eigenvalue weighted by atomic mass is 16.5. The Labute approximate surface area is 174 Å². The molecule has 0 aromatic carbocycles. The standard InChI is InChI=1S/C23H36N2O4/c1-14-4-15(2)13-25(12-14)21(27)16(3)29-20(26)11-24-22(28)23-8-17-5-18(9-23)7-19(6-17)10-23/h14-19H,4-13H2,1-3H3,(H,24,28)/t14-,15-,16-,17?,18?,19?,23?/m1/s1. The number of carbonyl (C=O) groups is 3. The molecule has 5 fully saturated rings. The molecule has 4 aliphatic carbocycles. The number of piperidine rings is 1. The van der Waals surface area contributed by atoms with Crippen LogP contribution in [0.25, 0.3) is 0 Å². The number of ether oxygens (including phenoxy) is 1. The van der Waals surface area contributed by atoms with Crippen LogP contribution in [0.1, 0.15) is 65.7 Å². The molecule has 1 N–H and O–H groups in total. The van der Waals surface area contributed by atoms with Crippen molar-refractivity contribution in [3.8, 4) is 0 Å². The zero-order valence-electron chi connectivity index (χ0n) is 18.1. The second-order valence-electron chi connectivity index (χ2n) is 10.7. The summed E-state index contributed by atoms with van der Waals surface area (Å²) in [5.41, 5.74) is -0.267. The smallest absolute Gasteiger partial charge is 0.326 e. The number of nitrogens with one attached hydrogen (secondary N) is 1. The quantitative estimate of drug-likeness (QED) is 0.715. The van der Waals surface area contributed by atoms with Gasteiger partial charge in [-0.25, -0.2) is 0 Å². The molecule has 5 rings (SSSR count). The first-order valence-corrected chi connectivity index (χ1v) is 11.5. The molecule has 4 bridgehead atoms. The summed E-state index contributed by atoms with van der Waals surface area (Å²) in [6.07, 6.45) is 7.07. The van der Waals surface area contributed by atoms with Crippen LogP contribution in [0.5, 0.6) is 0 Å². The van der Waals surface area contributed by atoms with Gasteiger partial charge in [0, 0.05) is 18.5 Å². The molecule has 6 nitrogen and oxygen atoms in total. The van der Waals surface area contributed by atoms with Gasteiger partial charge in [-0.05, 0) is 81.5 Å². The second kappa shape index (κ2) is 7.92. The van der Waals surface area contributed by atoms with Gasteiger partial charge in [-0.1, -0.05) is 13.8 Å². The van der Waals surface area contributed by atoms with E-state index in [1.807, 2.05) is 4.90 Å². The lowest BCUT2D eigenvalue weighted by Crippen LogP contribution is -2.54. The van der Waals surface area contributed by atoms with Crippen molar-refractivity contribution in [3.05, 3.63) is 0 Å². The van der Waals surface area contributed by atoms with Gasteiger partial charge in [0.15, 0.2) is 6.10 Å². The number of hydrogen-bond donors (Lipinski definition) is 1. The molecule has 29 heavy (non-hydrogen) atoms. The van der Waals surface area contributed by atoms with Crippen molar-refractivity contribution in [2.24, 2.45) is 35.0 Å². The van der Waals surface area contributed by atoms with E-state index in [4.69, 9.17) is 4.74 Å². The maximum Gasteiger partial charge on any atom is 0.326 e. The van der Waals surface area contributed by atoms with Crippen molar-refractivity contribution in [2.75, 3.05) is 19.6 Å². The molecule has 2 amide bonds. The number of amides is 2. The fourth-order valence-electron chi connectivity index (χ4n) is 7.12. The Kier molecular flexibility index (Phi) is 5.64. The van der Waals surface area contributed by atoms with Crippen LogP contribution in [-0.2, 0) is 19.1 Å². The number of likely N-dealkylation sites (tertiary alicyclic amines) is 1. The third kappa shape index (κ3) is 4.31. The lowest BCUT2D eigenvalue weighted by molar-refractivity contribution is -0.161. The number of rotatable bonds is 5. The minimum Gasteiger partial charge on any atom is -0.451 e. The first-order chi connectivity index (χ1) is 13.7. The predicted octanol–water partition coefficient (Wildman–Crippen LogP) is 2.76. The lowest BCUT2D eigenvalue weighted by atomic mass is 9.49. The van der Waals surface area contributed by atoms with Crippen LogP contribution < -0.4 is 5.32 Å². The van der Waals surface area contributed by atoms with Gasteiger partial charge in [0.1, 0.15) is 6.54 Å². The first kappa shape index (κ1) is 20.7. The highest BCUT2D eigenvalue weighted by molar-refractivity contribution is 5.88. The summed E-state index contributed by atoms with van der Waals surface area (Å²) >= 11 is 0. The van der Waals surface area contributed by atoms with Gasteiger partial charge in [-0.15, -0.1) is 0 Å². The molecule has 0 radical (unpaired) electrons. The third-order valence-corrected chi connectivity index (χ3v) is 7.75. The fraction of sp³-hybridized carbons (Fsp3) is 0.870. The van der Waals surface area contributed by atoms with E-state index in [2.05, 4.69) is 19.2 Å². The van der Waals surface area contributed by atoms with Gasteiger partial charge < -0.3 is 15.0 Å². The van der Waals surface area contributed by atoms with Gasteiger partial charge in [0.2, 0.25) is 5.91 Å². The van der Waals surface area contributed by atoms with E-state index in [9.17, 15) is 14.4 Å². The van der Waals surface area contributed by atoms with Crippen LogP contribution in [0.15, 0.2) is 0 Å². The van der Waals surface area contributed by atoms with Crippen LogP contribution in [0.2, 0.25) is 0 Å². The van der Waals surface area contributed by atoms with Crippen LogP contribution in [0.4, 0.5) is 0 Å². The molecule has 1 saturated heterocycles. The van der Waals surface area contributed by atoms with E-state index < -0.39 is 12.1 Å². The molecular formula is C23H36N2O4. The Bertz CT molecular complexity index is 631. The Hall–Kier alpha value is -1.59. The van der Waals surface area contributed by atoms with Crippen molar-refractivity contribution in [1.29, 1.82) is 0 Å². The summed E-state index contributed by atoms with van der Waals surface area (Å²) in [5.74, 6) is 2.34. The number of esters is 1. The fourth-order valence-corrected chi connectivity index (χ4v) is 7.12. The Balaban J connectivity index is 1.25. The highest BCUT2D eigenvalue weighted by Crippen LogP contribution is 2.60. The molecular weight excluding hydrogens is 368 g/mol. The van der Waals surface area contributed by atoms with Crippen molar-refractivity contribution < 1.29 is 19.1 Å². The van der Waals surface area contributed by atoms with E-state index in [0.29, 0.717) is 42.7 Å². The molecule has 5 aliphatic rings. The summed E-state index contributed by atoms with van der Waals surface area (Å²) in [7, 11) is 0. The van der Waals surface area contributed by atoms with Crippen LogP contribution in [-0.4, -0.2) is 48.4 Å². The molecule has 0 aromatic rings. The molecule has 0 spiro atoms. The zero-order valence-corrected chi connectivity index (χ0v) is 18.1. The summed E-state index contributed by atoms with van der Waals surface area (Å²) in [6.45, 7) is 7.21. The normalized spacial score (nSPS) is 39.1. The van der Waals surface area contributed by atoms with Crippen LogP contribution in [0.3, 0.4) is 0 Å². The van der Waals surface area contributed by atoms with Gasteiger partial charge in [-0.3, -0.25) is 14.4 Å². The number of hydrogen-bond acceptors (Lipinski definition) is 4. The molecule has 0 aromatic heterocycles. The average Bonchev–Trinajstić information content (AvgIpc) is 2.63. The van der Waals surface area contributed by atoms with E-state index in [0.717, 1.165) is 25.7 Å². The number of nitrogens with zero attached hydrogens (tertiary/aromatic N) is 1. The monoisotopic (exact) mass is 404 g/mol. The van der Waals surface area contributed by atoms with Crippen molar-refractivity contribution >= 4 is 17.8 Å². The third-order valence-electron chi connectivity index (χ3n) is 7.75. The Morgan fingerprint density at radius 2 is 1.48 bits per heavy atom. The van der Waals surface area contributed by atoms with Crippen LogP contribution in [0, 0.1) is 35.0 Å². The SMILES string of the molecule is C[C@@H]1C[C@@H](C)CN(C(=O)[C@@H](C)OC(=O)CNC(=O)C23CC4CC(CC(C4)C2)C3)C1. The number of carbonyl (C=O) groups excluding carboxylic acids is 3. The Morgan fingerprint density at radius 3 is 2.00 bits per heavy atom. The van der Waals surface area contributed by atoms with Gasteiger partial charge in [0.25, 0.3) is 5.91 Å². The summed E-state index contributed by atoms with van der Waals surface area (Å²) < 4.78 is 5.36. The van der Waals surface area contributed by atoms with E-state index in [1.54, 1.807) is 6.92 Å². The maximum atomic E-state index is 12.9. The van der Waals surface area contributed by atoms with E-state index in [-0.39, 0.29) is 23.8 Å². The van der Waals surface area contributed by atoms with Crippen molar-refractivity contribution in [3.63, 3.8) is 0 Å². The van der Waals surface area contributed by atoms with E-state index >= 15 is 0 Å². The predicted molar refractivity (Wildman–Crippen MR) is 109 cm³/mol. The van der Waals surface area contributed by atoms with Gasteiger partial charge in [-0.2, -0.15) is 0 Å². The largest absolute Gasteiger partial charge is 0.451 e. The minimum absolute atomic E-state index is 0.0196. The summed E-state index contributed by atoms with van der Waals surface area (Å²) in [5, 5.41) is 2.84. The zero-order chi connectivity index (χ0) is 20.8. The van der Waals surface area contributed by atoms with E-state index in [1.165, 1.54) is 19.3 Å². The molecule has 3 atom stereocenters. The topological polar surface area (TPSA) is 75.7 Å². The first-order valence-electron chi connectivity index (χ1n) is 11.5. The lowest BCUT2D eigenvalue weighted by Gasteiger charge is -2.55. The van der Waals surface area contributed by atoms with Crippen LogP contribution >= 0.6 is 0 Å². The molecule has 0 unspecified atom stereocenters. The molecule has 6 heteroatoms. The van der Waals surface area contributed by atoms with Gasteiger partial charge >= 0.3 is 5.97 Å². The molecule has 1 aliphatic heterocycles. The second-order valence-corrected chi connectivity index (χ2v) is 10.7. The van der Waals surface area contributed by atoms with Gasteiger partial charge in [0.05, 0.1) is 0 Å². The van der Waals surface area contributed by atoms with Crippen molar-refractivity contribution in [1.82, 2.24) is 10.2 Å². The summed E-state index contributed by atoms with van der Waals surface area (Å²) in [6, 6.07) is 0. The summed E-state index contributed by atoms with van der Waals surface area (Å²) in [4.78, 5) is 39.7. The molecule has 4 saturated carbocycles. The molecule has 1 heterocycles. The maximum absolute atomic E-state index is 12.9. The molecule has 162 valence electrons. The Morgan fingerprint density at radius 1 is 0.966 bits per heavy atom.